The summed E-state index contributed by atoms with van der Waals surface area (Å²) >= 11 is 0. The molecule has 2 nitrogen and oxygen atoms in total. The van der Waals surface area contributed by atoms with E-state index in [0.29, 0.717) is 17.5 Å². The maximum absolute atomic E-state index is 3.82. The number of rotatable bonds is 9. The predicted molar refractivity (Wildman–Crippen MR) is 94.9 cm³/mol. The molecular formula is C19H40N2. The predicted octanol–water partition coefficient (Wildman–Crippen LogP) is 4.83. The Morgan fingerprint density at radius 2 is 1.71 bits per heavy atom. The van der Waals surface area contributed by atoms with E-state index in [1.807, 2.05) is 0 Å². The van der Waals surface area contributed by atoms with Gasteiger partial charge in [-0.2, -0.15) is 0 Å². The van der Waals surface area contributed by atoms with Gasteiger partial charge in [0.05, 0.1) is 0 Å². The highest BCUT2D eigenvalue weighted by molar-refractivity contribution is 4.89. The summed E-state index contributed by atoms with van der Waals surface area (Å²) in [5.74, 6) is 0. The van der Waals surface area contributed by atoms with Crippen LogP contribution in [0.1, 0.15) is 86.0 Å². The van der Waals surface area contributed by atoms with Gasteiger partial charge in [0.25, 0.3) is 0 Å². The van der Waals surface area contributed by atoms with Crippen molar-refractivity contribution in [1.82, 2.24) is 10.2 Å². The Hall–Kier alpha value is -0.0800. The van der Waals surface area contributed by atoms with Crippen LogP contribution in [0, 0.1) is 5.41 Å². The molecule has 1 fully saturated rings. The Labute approximate surface area is 134 Å². The first-order chi connectivity index (χ1) is 9.95. The van der Waals surface area contributed by atoms with E-state index in [9.17, 15) is 0 Å². The number of nitrogens with zero attached hydrogens (tertiary/aromatic N) is 1. The second-order valence-electron chi connectivity index (χ2n) is 7.89. The fourth-order valence-electron chi connectivity index (χ4n) is 3.99. The standard InChI is InChI=1S/C19H40N2/c1-7-10-17(20-15-8-2)18(9-3)21(6)16-11-13-19(4,5)14-12-16/h16-18,20H,7-15H2,1-6H3. The molecule has 0 aromatic carbocycles. The summed E-state index contributed by atoms with van der Waals surface area (Å²) in [6, 6.07) is 2.16. The van der Waals surface area contributed by atoms with Crippen LogP contribution >= 0.6 is 0 Å². The Morgan fingerprint density at radius 1 is 1.10 bits per heavy atom. The largest absolute Gasteiger partial charge is 0.312 e. The summed E-state index contributed by atoms with van der Waals surface area (Å²) in [6.45, 7) is 13.0. The van der Waals surface area contributed by atoms with E-state index in [2.05, 4.69) is 51.9 Å². The quantitative estimate of drug-likeness (QED) is 0.655. The van der Waals surface area contributed by atoms with Gasteiger partial charge in [0.1, 0.15) is 0 Å². The average molecular weight is 297 g/mol. The molecule has 2 atom stereocenters. The number of likely N-dealkylation sites (N-methyl/N-ethyl adjacent to an activating group) is 1. The molecule has 21 heavy (non-hydrogen) atoms. The molecule has 1 aliphatic carbocycles. The van der Waals surface area contributed by atoms with Crippen molar-refractivity contribution in [2.45, 2.75) is 104 Å². The van der Waals surface area contributed by atoms with E-state index < -0.39 is 0 Å². The van der Waals surface area contributed by atoms with Crippen LogP contribution in [0.25, 0.3) is 0 Å². The minimum Gasteiger partial charge on any atom is -0.312 e. The van der Waals surface area contributed by atoms with Crippen LogP contribution in [0.2, 0.25) is 0 Å². The smallest absolute Gasteiger partial charge is 0.0246 e. The van der Waals surface area contributed by atoms with Crippen molar-refractivity contribution in [3.63, 3.8) is 0 Å². The Balaban J connectivity index is 2.63. The first-order valence-corrected chi connectivity index (χ1v) is 9.40. The fraction of sp³-hybridized carbons (Fsp3) is 1.00. The summed E-state index contributed by atoms with van der Waals surface area (Å²) in [5.41, 5.74) is 0.572. The van der Waals surface area contributed by atoms with Crippen molar-refractivity contribution >= 4 is 0 Å². The molecule has 1 N–H and O–H groups in total. The monoisotopic (exact) mass is 296 g/mol. The first kappa shape index (κ1) is 19.0. The molecule has 2 unspecified atom stereocenters. The summed E-state index contributed by atoms with van der Waals surface area (Å²) in [4.78, 5) is 2.72. The molecular weight excluding hydrogens is 256 g/mol. The van der Waals surface area contributed by atoms with E-state index in [4.69, 9.17) is 0 Å². The van der Waals surface area contributed by atoms with Crippen LogP contribution in [0.15, 0.2) is 0 Å². The van der Waals surface area contributed by atoms with Crippen molar-refractivity contribution in [3.05, 3.63) is 0 Å². The molecule has 0 aromatic heterocycles. The van der Waals surface area contributed by atoms with Gasteiger partial charge in [0.15, 0.2) is 0 Å². The van der Waals surface area contributed by atoms with Gasteiger partial charge in [0, 0.05) is 18.1 Å². The third kappa shape index (κ3) is 5.90. The van der Waals surface area contributed by atoms with Gasteiger partial charge in [-0.1, -0.05) is 41.0 Å². The zero-order chi connectivity index (χ0) is 15.9. The molecule has 0 radical (unpaired) electrons. The zero-order valence-corrected chi connectivity index (χ0v) is 15.5. The Kier molecular flexibility index (Phi) is 8.26. The molecule has 1 rings (SSSR count). The van der Waals surface area contributed by atoms with E-state index >= 15 is 0 Å². The van der Waals surface area contributed by atoms with Crippen molar-refractivity contribution in [1.29, 1.82) is 0 Å². The first-order valence-electron chi connectivity index (χ1n) is 9.40. The van der Waals surface area contributed by atoms with Gasteiger partial charge in [0.2, 0.25) is 0 Å². The van der Waals surface area contributed by atoms with Crippen molar-refractivity contribution in [2.24, 2.45) is 5.41 Å². The lowest BCUT2D eigenvalue weighted by atomic mass is 9.75. The molecule has 0 saturated heterocycles. The molecule has 1 aliphatic rings. The van der Waals surface area contributed by atoms with Gasteiger partial charge in [-0.25, -0.2) is 0 Å². The SMILES string of the molecule is CCCNC(CCC)C(CC)N(C)C1CCC(C)(C)CC1. The molecule has 1 saturated carbocycles. The van der Waals surface area contributed by atoms with Crippen LogP contribution in [-0.4, -0.2) is 36.6 Å². The second kappa shape index (κ2) is 9.15. The highest BCUT2D eigenvalue weighted by Crippen LogP contribution is 2.37. The van der Waals surface area contributed by atoms with E-state index in [-0.39, 0.29) is 0 Å². The minimum atomic E-state index is 0.572. The number of hydrogen-bond acceptors (Lipinski definition) is 2. The molecule has 0 amide bonds. The van der Waals surface area contributed by atoms with Gasteiger partial charge in [-0.15, -0.1) is 0 Å². The summed E-state index contributed by atoms with van der Waals surface area (Å²) in [6.07, 6.45) is 10.6. The lowest BCUT2D eigenvalue weighted by molar-refractivity contribution is 0.0735. The summed E-state index contributed by atoms with van der Waals surface area (Å²) in [5, 5.41) is 3.82. The van der Waals surface area contributed by atoms with Crippen LogP contribution < -0.4 is 5.32 Å². The summed E-state index contributed by atoms with van der Waals surface area (Å²) in [7, 11) is 2.38. The van der Waals surface area contributed by atoms with Gasteiger partial charge in [-0.05, 0) is 64.0 Å². The normalized spacial score (nSPS) is 22.4. The number of hydrogen-bond donors (Lipinski definition) is 1. The second-order valence-corrected chi connectivity index (χ2v) is 7.89. The van der Waals surface area contributed by atoms with Gasteiger partial charge >= 0.3 is 0 Å². The van der Waals surface area contributed by atoms with Crippen molar-refractivity contribution in [3.8, 4) is 0 Å². The molecule has 0 aliphatic heterocycles. The maximum atomic E-state index is 3.82. The van der Waals surface area contributed by atoms with Crippen LogP contribution in [0.5, 0.6) is 0 Å². The van der Waals surface area contributed by atoms with Crippen LogP contribution in [0.3, 0.4) is 0 Å². The van der Waals surface area contributed by atoms with E-state index in [1.165, 1.54) is 51.4 Å². The molecule has 126 valence electrons. The Morgan fingerprint density at radius 3 is 2.19 bits per heavy atom. The third-order valence-corrected chi connectivity index (χ3v) is 5.55. The van der Waals surface area contributed by atoms with Gasteiger partial charge in [-0.3, -0.25) is 4.90 Å². The summed E-state index contributed by atoms with van der Waals surface area (Å²) < 4.78 is 0. The highest BCUT2D eigenvalue weighted by atomic mass is 15.2. The average Bonchev–Trinajstić information content (AvgIpc) is 2.45. The Bertz CT molecular complexity index is 265. The maximum Gasteiger partial charge on any atom is 0.0246 e. The number of nitrogens with one attached hydrogen (secondary N) is 1. The molecule has 2 heteroatoms. The van der Waals surface area contributed by atoms with Crippen molar-refractivity contribution in [2.75, 3.05) is 13.6 Å². The lowest BCUT2D eigenvalue weighted by Crippen LogP contribution is -2.53. The van der Waals surface area contributed by atoms with Gasteiger partial charge < -0.3 is 5.32 Å². The minimum absolute atomic E-state index is 0.572. The molecule has 0 heterocycles. The third-order valence-electron chi connectivity index (χ3n) is 5.55. The van der Waals surface area contributed by atoms with Crippen LogP contribution in [-0.2, 0) is 0 Å². The molecule has 0 spiro atoms. The molecule has 0 bridgehead atoms. The fourth-order valence-corrected chi connectivity index (χ4v) is 3.99. The molecule has 0 aromatic rings. The zero-order valence-electron chi connectivity index (χ0n) is 15.5. The lowest BCUT2D eigenvalue weighted by Gasteiger charge is -2.44. The van der Waals surface area contributed by atoms with E-state index in [1.54, 1.807) is 0 Å². The van der Waals surface area contributed by atoms with E-state index in [0.717, 1.165) is 12.6 Å². The highest BCUT2D eigenvalue weighted by Gasteiger charge is 2.33. The van der Waals surface area contributed by atoms with Crippen LogP contribution in [0.4, 0.5) is 0 Å². The topological polar surface area (TPSA) is 15.3 Å². The van der Waals surface area contributed by atoms with Crippen molar-refractivity contribution < 1.29 is 0 Å².